The Labute approximate surface area is 139 Å². The van der Waals surface area contributed by atoms with Crippen LogP contribution in [0, 0.1) is 0 Å². The number of aryl methyl sites for hydroxylation is 1. The summed E-state index contributed by atoms with van der Waals surface area (Å²) in [4.78, 5) is 12.4. The standard InChI is InChI=1S/C16H19N3O3S/c1-21-7-2-6-19-11-17-18-16(19)23-10-14(20)12-3-4-15-13(9-12)5-8-22-15/h3-4,9,11H,2,5-8,10H2,1H3. The summed E-state index contributed by atoms with van der Waals surface area (Å²) < 4.78 is 12.5. The molecule has 0 fully saturated rings. The number of methoxy groups -OCH3 is 1. The Morgan fingerprint density at radius 3 is 3.26 bits per heavy atom. The maximum Gasteiger partial charge on any atom is 0.191 e. The normalized spacial score (nSPS) is 12.9. The van der Waals surface area contributed by atoms with Gasteiger partial charge in [0, 0.05) is 32.2 Å². The van der Waals surface area contributed by atoms with Gasteiger partial charge in [-0.25, -0.2) is 0 Å². The summed E-state index contributed by atoms with van der Waals surface area (Å²) >= 11 is 1.42. The van der Waals surface area contributed by atoms with Gasteiger partial charge in [-0.05, 0) is 30.2 Å². The van der Waals surface area contributed by atoms with Gasteiger partial charge in [0.2, 0.25) is 0 Å². The molecule has 1 aromatic carbocycles. The van der Waals surface area contributed by atoms with Crippen LogP contribution in [0.3, 0.4) is 0 Å². The molecule has 3 rings (SSSR count). The summed E-state index contributed by atoms with van der Waals surface area (Å²) in [6.07, 6.45) is 3.45. The monoisotopic (exact) mass is 333 g/mol. The van der Waals surface area contributed by atoms with Gasteiger partial charge in [-0.2, -0.15) is 0 Å². The van der Waals surface area contributed by atoms with Crippen LogP contribution in [0.1, 0.15) is 22.3 Å². The molecule has 0 unspecified atom stereocenters. The Morgan fingerprint density at radius 2 is 2.39 bits per heavy atom. The summed E-state index contributed by atoms with van der Waals surface area (Å²) in [6, 6.07) is 5.65. The van der Waals surface area contributed by atoms with Crippen LogP contribution in [0.15, 0.2) is 29.7 Å². The van der Waals surface area contributed by atoms with Gasteiger partial charge in [0.05, 0.1) is 12.4 Å². The van der Waals surface area contributed by atoms with Crippen molar-refractivity contribution in [2.24, 2.45) is 0 Å². The van der Waals surface area contributed by atoms with Crippen molar-refractivity contribution in [3.63, 3.8) is 0 Å². The molecule has 0 aliphatic carbocycles. The lowest BCUT2D eigenvalue weighted by Gasteiger charge is -2.06. The maximum atomic E-state index is 12.4. The number of ether oxygens (including phenoxy) is 2. The molecule has 1 aliphatic rings. The highest BCUT2D eigenvalue weighted by Gasteiger charge is 2.16. The van der Waals surface area contributed by atoms with Crippen molar-refractivity contribution < 1.29 is 14.3 Å². The predicted octanol–water partition coefficient (Wildman–Crippen LogP) is 2.22. The average molecular weight is 333 g/mol. The number of carbonyl (C=O) groups is 1. The number of thioether (sulfide) groups is 1. The third-order valence-corrected chi connectivity index (χ3v) is 4.65. The van der Waals surface area contributed by atoms with Crippen LogP contribution in [-0.2, 0) is 17.7 Å². The number of hydrogen-bond acceptors (Lipinski definition) is 6. The summed E-state index contributed by atoms with van der Waals surface area (Å²) in [7, 11) is 1.68. The highest BCUT2D eigenvalue weighted by atomic mass is 32.2. The van der Waals surface area contributed by atoms with Crippen LogP contribution in [0.4, 0.5) is 0 Å². The van der Waals surface area contributed by atoms with Gasteiger partial charge in [-0.15, -0.1) is 10.2 Å². The summed E-state index contributed by atoms with van der Waals surface area (Å²) in [6.45, 7) is 2.18. The van der Waals surface area contributed by atoms with E-state index in [2.05, 4.69) is 10.2 Å². The minimum absolute atomic E-state index is 0.0936. The van der Waals surface area contributed by atoms with Crippen molar-refractivity contribution in [3.05, 3.63) is 35.7 Å². The molecule has 1 aliphatic heterocycles. The molecule has 0 atom stereocenters. The fourth-order valence-corrected chi connectivity index (χ4v) is 3.30. The zero-order chi connectivity index (χ0) is 16.1. The van der Waals surface area contributed by atoms with Crippen LogP contribution < -0.4 is 4.74 Å². The van der Waals surface area contributed by atoms with E-state index in [0.29, 0.717) is 19.0 Å². The molecule has 0 N–H and O–H groups in total. The second-order valence-corrected chi connectivity index (χ2v) is 6.23. The highest BCUT2D eigenvalue weighted by Crippen LogP contribution is 2.26. The number of ketones is 1. The third-order valence-electron chi connectivity index (χ3n) is 3.67. The van der Waals surface area contributed by atoms with Crippen molar-refractivity contribution in [2.45, 2.75) is 24.5 Å². The Hall–Kier alpha value is -1.86. The molecular formula is C16H19N3O3S. The SMILES string of the molecule is COCCCn1cnnc1SCC(=O)c1ccc2c(c1)CCO2. The molecule has 7 heteroatoms. The highest BCUT2D eigenvalue weighted by molar-refractivity contribution is 7.99. The number of fused-ring (bicyclic) bond motifs is 1. The fraction of sp³-hybridized carbons (Fsp3) is 0.438. The molecule has 2 heterocycles. The Bertz CT molecular complexity index is 687. The lowest BCUT2D eigenvalue weighted by Crippen LogP contribution is -2.06. The number of aromatic nitrogens is 3. The molecule has 0 saturated carbocycles. The number of Topliss-reactive ketones (excluding diaryl/α,β-unsaturated/α-hetero) is 1. The van der Waals surface area contributed by atoms with E-state index in [4.69, 9.17) is 9.47 Å². The van der Waals surface area contributed by atoms with E-state index >= 15 is 0 Å². The topological polar surface area (TPSA) is 66.2 Å². The quantitative estimate of drug-likeness (QED) is 0.419. The van der Waals surface area contributed by atoms with E-state index in [1.165, 1.54) is 11.8 Å². The molecule has 0 radical (unpaired) electrons. The second-order valence-electron chi connectivity index (χ2n) is 5.29. The minimum atomic E-state index is 0.0936. The Balaban J connectivity index is 1.58. The van der Waals surface area contributed by atoms with Gasteiger partial charge in [0.1, 0.15) is 12.1 Å². The molecule has 2 aromatic rings. The van der Waals surface area contributed by atoms with Gasteiger partial charge < -0.3 is 14.0 Å². The maximum absolute atomic E-state index is 12.4. The van der Waals surface area contributed by atoms with E-state index in [1.807, 2.05) is 22.8 Å². The first-order valence-corrected chi connectivity index (χ1v) is 8.55. The van der Waals surface area contributed by atoms with Gasteiger partial charge >= 0.3 is 0 Å². The zero-order valence-electron chi connectivity index (χ0n) is 13.0. The minimum Gasteiger partial charge on any atom is -0.493 e. The van der Waals surface area contributed by atoms with Crippen molar-refractivity contribution in [2.75, 3.05) is 26.1 Å². The first-order chi connectivity index (χ1) is 11.3. The van der Waals surface area contributed by atoms with Crippen LogP contribution in [-0.4, -0.2) is 46.6 Å². The van der Waals surface area contributed by atoms with Gasteiger partial charge in [-0.1, -0.05) is 11.8 Å². The van der Waals surface area contributed by atoms with Gasteiger partial charge in [0.15, 0.2) is 10.9 Å². The van der Waals surface area contributed by atoms with Crippen molar-refractivity contribution in [1.82, 2.24) is 14.8 Å². The van der Waals surface area contributed by atoms with E-state index in [0.717, 1.165) is 41.4 Å². The molecule has 23 heavy (non-hydrogen) atoms. The van der Waals surface area contributed by atoms with E-state index in [-0.39, 0.29) is 5.78 Å². The van der Waals surface area contributed by atoms with Crippen LogP contribution in [0.5, 0.6) is 5.75 Å². The zero-order valence-corrected chi connectivity index (χ0v) is 13.8. The van der Waals surface area contributed by atoms with Crippen molar-refractivity contribution in [1.29, 1.82) is 0 Å². The Kier molecular flexibility index (Phi) is 5.30. The van der Waals surface area contributed by atoms with Crippen LogP contribution in [0.25, 0.3) is 0 Å². The lowest BCUT2D eigenvalue weighted by molar-refractivity contribution is 0.102. The number of hydrogen-bond donors (Lipinski definition) is 0. The molecule has 0 amide bonds. The van der Waals surface area contributed by atoms with E-state index in [9.17, 15) is 4.79 Å². The van der Waals surface area contributed by atoms with E-state index < -0.39 is 0 Å². The number of nitrogens with zero attached hydrogens (tertiary/aromatic N) is 3. The average Bonchev–Trinajstić information content (AvgIpc) is 3.21. The molecule has 0 bridgehead atoms. The molecule has 0 saturated heterocycles. The number of rotatable bonds is 8. The second kappa shape index (κ2) is 7.61. The van der Waals surface area contributed by atoms with Gasteiger partial charge in [-0.3, -0.25) is 4.79 Å². The first-order valence-electron chi connectivity index (χ1n) is 7.56. The molecule has 1 aromatic heterocycles. The fourth-order valence-electron chi connectivity index (χ4n) is 2.46. The summed E-state index contributed by atoms with van der Waals surface area (Å²) in [5.41, 5.74) is 1.84. The summed E-state index contributed by atoms with van der Waals surface area (Å²) in [5.74, 6) is 1.34. The third kappa shape index (κ3) is 3.92. The lowest BCUT2D eigenvalue weighted by atomic mass is 10.1. The predicted molar refractivity (Wildman–Crippen MR) is 87.2 cm³/mol. The molecule has 0 spiro atoms. The molecule has 122 valence electrons. The largest absolute Gasteiger partial charge is 0.493 e. The van der Waals surface area contributed by atoms with Gasteiger partial charge in [0.25, 0.3) is 0 Å². The molecular weight excluding hydrogens is 314 g/mol. The first kappa shape index (κ1) is 16.0. The van der Waals surface area contributed by atoms with E-state index in [1.54, 1.807) is 13.4 Å². The van der Waals surface area contributed by atoms with Crippen molar-refractivity contribution in [3.8, 4) is 5.75 Å². The summed E-state index contributed by atoms with van der Waals surface area (Å²) in [5, 5.41) is 8.77. The number of carbonyl (C=O) groups excluding carboxylic acids is 1. The molecule has 6 nitrogen and oxygen atoms in total. The Morgan fingerprint density at radius 1 is 1.48 bits per heavy atom. The van der Waals surface area contributed by atoms with Crippen LogP contribution >= 0.6 is 11.8 Å². The van der Waals surface area contributed by atoms with Crippen molar-refractivity contribution >= 4 is 17.5 Å². The number of benzene rings is 1. The smallest absolute Gasteiger partial charge is 0.191 e. The van der Waals surface area contributed by atoms with Crippen LogP contribution in [0.2, 0.25) is 0 Å².